The van der Waals surface area contributed by atoms with Crippen molar-refractivity contribution in [2.45, 2.75) is 18.2 Å². The second kappa shape index (κ2) is 11.5. The molecule has 7 nitrogen and oxygen atoms in total. The zero-order valence-electron chi connectivity index (χ0n) is 15.9. The van der Waals surface area contributed by atoms with Crippen LogP contribution in [0.4, 0.5) is 5.69 Å². The number of nitrogens with one attached hydrogen (secondary N) is 3. The fraction of sp³-hybridized carbons (Fsp3) is 0.316. The van der Waals surface area contributed by atoms with E-state index in [0.717, 1.165) is 13.0 Å². The molecule has 3 N–H and O–H groups in total. The number of anilines is 1. The van der Waals surface area contributed by atoms with E-state index >= 15 is 0 Å². The van der Waals surface area contributed by atoms with E-state index in [-0.39, 0.29) is 23.2 Å². The molecular formula is C19H26ClN3O4S. The summed E-state index contributed by atoms with van der Waals surface area (Å²) in [6.07, 6.45) is 0.820. The molecule has 2 aromatic carbocycles. The molecule has 9 heteroatoms. The maximum absolute atomic E-state index is 12.5. The van der Waals surface area contributed by atoms with Crippen LogP contribution in [0.25, 0.3) is 0 Å². The lowest BCUT2D eigenvalue weighted by molar-refractivity contribution is 0.0953. The molecular weight excluding hydrogens is 402 g/mol. The Hall–Kier alpha value is -2.29. The standard InChI is InChI=1S/C19H25N3O4S.ClH/c1-3-26-17-9-7-16(8-10-17)22-27(24,25)18-11-5-15(6-12-18)19(23)21-14-4-13-20-2;/h5-12,20,22H,3-4,13-14H2,1-2H3,(H,21,23);1H. The quantitative estimate of drug-likeness (QED) is 0.506. The van der Waals surface area contributed by atoms with Crippen molar-refractivity contribution >= 4 is 34.0 Å². The predicted octanol–water partition coefficient (Wildman–Crippen LogP) is 2.65. The molecule has 0 atom stereocenters. The summed E-state index contributed by atoms with van der Waals surface area (Å²) < 4.78 is 32.8. The predicted molar refractivity (Wildman–Crippen MR) is 113 cm³/mol. The summed E-state index contributed by atoms with van der Waals surface area (Å²) in [7, 11) is -1.89. The Morgan fingerprint density at radius 2 is 1.64 bits per heavy atom. The van der Waals surface area contributed by atoms with Crippen LogP contribution in [0.5, 0.6) is 5.75 Å². The van der Waals surface area contributed by atoms with Gasteiger partial charge in [-0.2, -0.15) is 0 Å². The minimum atomic E-state index is -3.74. The van der Waals surface area contributed by atoms with Crippen LogP contribution in [-0.2, 0) is 10.0 Å². The zero-order chi connectivity index (χ0) is 19.7. The first kappa shape index (κ1) is 23.7. The van der Waals surface area contributed by atoms with Crippen molar-refractivity contribution in [3.8, 4) is 5.75 Å². The Labute approximate surface area is 172 Å². The number of rotatable bonds is 10. The van der Waals surface area contributed by atoms with Gasteiger partial charge in [0.2, 0.25) is 0 Å². The Balaban J connectivity index is 0.00000392. The van der Waals surface area contributed by atoms with Crippen LogP contribution in [0.2, 0.25) is 0 Å². The molecule has 0 aliphatic heterocycles. The molecule has 28 heavy (non-hydrogen) atoms. The number of ether oxygens (including phenoxy) is 1. The lowest BCUT2D eigenvalue weighted by Gasteiger charge is -2.10. The van der Waals surface area contributed by atoms with Gasteiger partial charge in [0.05, 0.1) is 11.5 Å². The molecule has 154 valence electrons. The van der Waals surface area contributed by atoms with E-state index in [1.807, 2.05) is 14.0 Å². The highest BCUT2D eigenvalue weighted by molar-refractivity contribution is 7.92. The van der Waals surface area contributed by atoms with Crippen LogP contribution in [0, 0.1) is 0 Å². The Bertz CT molecular complexity index is 840. The van der Waals surface area contributed by atoms with Crippen LogP contribution in [0.1, 0.15) is 23.7 Å². The first-order chi connectivity index (χ1) is 13.0. The fourth-order valence-corrected chi connectivity index (χ4v) is 3.41. The number of carbonyl (C=O) groups excluding carboxylic acids is 1. The average molecular weight is 428 g/mol. The number of carbonyl (C=O) groups is 1. The Morgan fingerprint density at radius 3 is 2.21 bits per heavy atom. The molecule has 2 aromatic rings. The Morgan fingerprint density at radius 1 is 1.00 bits per heavy atom. The maximum Gasteiger partial charge on any atom is 0.261 e. The summed E-state index contributed by atoms with van der Waals surface area (Å²) in [6.45, 7) is 3.79. The van der Waals surface area contributed by atoms with Crippen molar-refractivity contribution in [2.75, 3.05) is 31.5 Å². The van der Waals surface area contributed by atoms with E-state index in [0.29, 0.717) is 30.2 Å². The van der Waals surface area contributed by atoms with Crippen molar-refractivity contribution in [3.63, 3.8) is 0 Å². The van der Waals surface area contributed by atoms with Gasteiger partial charge in [0.15, 0.2) is 0 Å². The number of sulfonamides is 1. The van der Waals surface area contributed by atoms with E-state index in [4.69, 9.17) is 4.74 Å². The molecule has 0 radical (unpaired) electrons. The first-order valence-corrected chi connectivity index (χ1v) is 10.2. The van der Waals surface area contributed by atoms with E-state index in [1.165, 1.54) is 24.3 Å². The van der Waals surface area contributed by atoms with Gasteiger partial charge in [-0.25, -0.2) is 8.42 Å². The van der Waals surface area contributed by atoms with Crippen LogP contribution in [0.3, 0.4) is 0 Å². The van der Waals surface area contributed by atoms with Crippen molar-refractivity contribution in [3.05, 3.63) is 54.1 Å². The highest BCUT2D eigenvalue weighted by atomic mass is 35.5. The zero-order valence-corrected chi connectivity index (χ0v) is 17.5. The van der Waals surface area contributed by atoms with Gasteiger partial charge in [0, 0.05) is 17.8 Å². The summed E-state index contributed by atoms with van der Waals surface area (Å²) in [5.41, 5.74) is 0.851. The molecule has 0 spiro atoms. The van der Waals surface area contributed by atoms with Gasteiger partial charge in [-0.3, -0.25) is 9.52 Å². The van der Waals surface area contributed by atoms with Crippen molar-refractivity contribution in [2.24, 2.45) is 0 Å². The third-order valence-corrected chi connectivity index (χ3v) is 5.13. The molecule has 0 aliphatic rings. The van der Waals surface area contributed by atoms with Gasteiger partial charge in [0.1, 0.15) is 5.75 Å². The van der Waals surface area contributed by atoms with Crippen molar-refractivity contribution in [1.29, 1.82) is 0 Å². The molecule has 0 saturated heterocycles. The minimum absolute atomic E-state index is 0. The van der Waals surface area contributed by atoms with Crippen molar-refractivity contribution in [1.82, 2.24) is 10.6 Å². The van der Waals surface area contributed by atoms with Crippen LogP contribution in [-0.4, -0.2) is 41.1 Å². The molecule has 0 heterocycles. The fourth-order valence-electron chi connectivity index (χ4n) is 2.35. The smallest absolute Gasteiger partial charge is 0.261 e. The second-order valence-electron chi connectivity index (χ2n) is 5.80. The third-order valence-electron chi connectivity index (χ3n) is 3.73. The molecule has 1 amide bonds. The lowest BCUT2D eigenvalue weighted by atomic mass is 10.2. The highest BCUT2D eigenvalue weighted by Crippen LogP contribution is 2.20. The van der Waals surface area contributed by atoms with Gasteiger partial charge in [0.25, 0.3) is 15.9 Å². The van der Waals surface area contributed by atoms with Crippen LogP contribution < -0.4 is 20.1 Å². The van der Waals surface area contributed by atoms with Gasteiger partial charge in [-0.1, -0.05) is 0 Å². The molecule has 0 fully saturated rings. The lowest BCUT2D eigenvalue weighted by Crippen LogP contribution is -2.26. The number of hydrogen-bond acceptors (Lipinski definition) is 5. The molecule has 0 aromatic heterocycles. The van der Waals surface area contributed by atoms with Crippen LogP contribution >= 0.6 is 12.4 Å². The molecule has 0 aliphatic carbocycles. The second-order valence-corrected chi connectivity index (χ2v) is 7.48. The van der Waals surface area contributed by atoms with Gasteiger partial charge >= 0.3 is 0 Å². The van der Waals surface area contributed by atoms with Crippen molar-refractivity contribution < 1.29 is 17.9 Å². The largest absolute Gasteiger partial charge is 0.494 e. The number of amides is 1. The maximum atomic E-state index is 12.5. The first-order valence-electron chi connectivity index (χ1n) is 8.75. The van der Waals surface area contributed by atoms with E-state index in [2.05, 4.69) is 15.4 Å². The number of benzene rings is 2. The summed E-state index contributed by atoms with van der Waals surface area (Å²) in [5.74, 6) is 0.444. The minimum Gasteiger partial charge on any atom is -0.494 e. The summed E-state index contributed by atoms with van der Waals surface area (Å²) >= 11 is 0. The number of hydrogen-bond donors (Lipinski definition) is 3. The molecule has 0 bridgehead atoms. The van der Waals surface area contributed by atoms with E-state index < -0.39 is 10.0 Å². The SMILES string of the molecule is CCOc1ccc(NS(=O)(=O)c2ccc(C(=O)NCCCNC)cc2)cc1.Cl. The average Bonchev–Trinajstić information content (AvgIpc) is 2.67. The highest BCUT2D eigenvalue weighted by Gasteiger charge is 2.15. The van der Waals surface area contributed by atoms with Gasteiger partial charge in [-0.05, 0) is 75.5 Å². The summed E-state index contributed by atoms with van der Waals surface area (Å²) in [4.78, 5) is 12.1. The van der Waals surface area contributed by atoms with Gasteiger partial charge in [-0.15, -0.1) is 12.4 Å². The summed E-state index contributed by atoms with van der Waals surface area (Å²) in [5, 5.41) is 5.79. The molecule has 0 saturated carbocycles. The monoisotopic (exact) mass is 427 g/mol. The molecule has 2 rings (SSSR count). The normalized spacial score (nSPS) is 10.6. The van der Waals surface area contributed by atoms with Gasteiger partial charge < -0.3 is 15.4 Å². The van der Waals surface area contributed by atoms with E-state index in [1.54, 1.807) is 24.3 Å². The number of halogens is 1. The summed E-state index contributed by atoms with van der Waals surface area (Å²) in [6, 6.07) is 12.5. The van der Waals surface area contributed by atoms with E-state index in [9.17, 15) is 13.2 Å². The van der Waals surface area contributed by atoms with Crippen LogP contribution in [0.15, 0.2) is 53.4 Å². The third kappa shape index (κ3) is 7.03. The molecule has 0 unspecified atom stereocenters. The topological polar surface area (TPSA) is 96.5 Å². The Kier molecular flexibility index (Phi) is 9.78.